The van der Waals surface area contributed by atoms with E-state index in [1.54, 1.807) is 6.92 Å². The molecule has 0 radical (unpaired) electrons. The van der Waals surface area contributed by atoms with Crippen molar-refractivity contribution in [2.24, 2.45) is 0 Å². The smallest absolute Gasteiger partial charge is 0.261 e. The van der Waals surface area contributed by atoms with Crippen LogP contribution in [0, 0.1) is 24.0 Å². The Morgan fingerprint density at radius 2 is 1.59 bits per heavy atom. The highest BCUT2D eigenvalue weighted by molar-refractivity contribution is 7.93. The molecule has 2 N–H and O–H groups in total. The minimum atomic E-state index is -4.26. The first-order valence-corrected chi connectivity index (χ1v) is 16.0. The van der Waals surface area contributed by atoms with E-state index < -0.39 is 42.3 Å². The van der Waals surface area contributed by atoms with Crippen molar-refractivity contribution >= 4 is 37.3 Å². The number of sulfonamides is 1. The maximum atomic E-state index is 14.5. The predicted molar refractivity (Wildman–Crippen MR) is 150 cm³/mol. The van der Waals surface area contributed by atoms with Crippen LogP contribution in [0.4, 0.5) is 20.4 Å². The van der Waals surface area contributed by atoms with Gasteiger partial charge in [-0.3, -0.25) is 10.1 Å². The maximum absolute atomic E-state index is 14.5. The number of nitrogens with zero attached hydrogens (tertiary/aromatic N) is 4. The summed E-state index contributed by atoms with van der Waals surface area (Å²) in [5.41, 5.74) is 0.117. The van der Waals surface area contributed by atoms with Gasteiger partial charge in [-0.15, -0.1) is 0 Å². The van der Waals surface area contributed by atoms with Gasteiger partial charge in [0.1, 0.15) is 11.7 Å². The molecule has 218 valence electrons. The number of nitrogens with one attached hydrogen (secondary N) is 2. The molecule has 0 bridgehead atoms. The molecule has 1 aliphatic heterocycles. The van der Waals surface area contributed by atoms with Crippen LogP contribution in [-0.4, -0.2) is 68.0 Å². The lowest BCUT2D eigenvalue weighted by Crippen LogP contribution is -2.57. The van der Waals surface area contributed by atoms with Crippen LogP contribution >= 0.6 is 0 Å². The van der Waals surface area contributed by atoms with Crippen LogP contribution in [0.5, 0.6) is 0 Å². The Kier molecular flexibility index (Phi) is 7.26. The van der Waals surface area contributed by atoms with E-state index in [4.69, 9.17) is 5.41 Å². The molecule has 41 heavy (non-hydrogen) atoms. The van der Waals surface area contributed by atoms with Crippen LogP contribution in [0.15, 0.2) is 58.6 Å². The molecule has 2 aliphatic rings. The second-order valence-electron chi connectivity index (χ2n) is 10.7. The Morgan fingerprint density at radius 1 is 0.976 bits per heavy atom. The quantitative estimate of drug-likeness (QED) is 0.308. The summed E-state index contributed by atoms with van der Waals surface area (Å²) >= 11 is 0. The van der Waals surface area contributed by atoms with Gasteiger partial charge in [-0.1, -0.05) is 0 Å². The Labute approximate surface area is 237 Å². The molecule has 5 rings (SSSR count). The normalized spacial score (nSPS) is 16.7. The molecule has 1 aromatic heterocycles. The highest BCUT2D eigenvalue weighted by atomic mass is 32.2. The third kappa shape index (κ3) is 5.49. The molecule has 2 fully saturated rings. The third-order valence-electron chi connectivity index (χ3n) is 7.50. The fourth-order valence-electron chi connectivity index (χ4n) is 5.10. The van der Waals surface area contributed by atoms with Crippen LogP contribution in [0.25, 0.3) is 0 Å². The summed E-state index contributed by atoms with van der Waals surface area (Å²) in [6.07, 6.45) is 3.76. The van der Waals surface area contributed by atoms with E-state index in [0.29, 0.717) is 31.1 Å². The number of sulfone groups is 1. The lowest BCUT2D eigenvalue weighted by atomic mass is 10.0. The van der Waals surface area contributed by atoms with Crippen molar-refractivity contribution in [1.29, 1.82) is 5.41 Å². The van der Waals surface area contributed by atoms with Gasteiger partial charge in [-0.2, -0.15) is 0 Å². The van der Waals surface area contributed by atoms with Gasteiger partial charge >= 0.3 is 0 Å². The van der Waals surface area contributed by atoms with E-state index in [-0.39, 0.29) is 26.9 Å². The topological polar surface area (TPSA) is 136 Å². The number of piperazine rings is 1. The van der Waals surface area contributed by atoms with Gasteiger partial charge in [0, 0.05) is 25.2 Å². The highest BCUT2D eigenvalue weighted by Crippen LogP contribution is 2.46. The van der Waals surface area contributed by atoms with Crippen molar-refractivity contribution < 1.29 is 25.6 Å². The van der Waals surface area contributed by atoms with Crippen molar-refractivity contribution in [2.75, 3.05) is 29.3 Å². The van der Waals surface area contributed by atoms with E-state index in [1.807, 2.05) is 9.80 Å². The molecule has 10 nitrogen and oxygen atoms in total. The van der Waals surface area contributed by atoms with E-state index in [1.165, 1.54) is 44.2 Å². The van der Waals surface area contributed by atoms with Crippen molar-refractivity contribution in [2.45, 2.75) is 54.2 Å². The van der Waals surface area contributed by atoms with Gasteiger partial charge in [0.2, 0.25) is 5.95 Å². The molecule has 3 aromatic rings. The van der Waals surface area contributed by atoms with Crippen molar-refractivity contribution in [3.8, 4) is 0 Å². The zero-order valence-corrected chi connectivity index (χ0v) is 24.4. The van der Waals surface area contributed by atoms with Crippen LogP contribution in [-0.2, 0) is 19.9 Å². The lowest BCUT2D eigenvalue weighted by Gasteiger charge is -2.44. The van der Waals surface area contributed by atoms with E-state index in [0.717, 1.165) is 31.3 Å². The van der Waals surface area contributed by atoms with Crippen molar-refractivity contribution in [3.05, 3.63) is 71.6 Å². The monoisotopic (exact) mass is 604 g/mol. The molecule has 1 aliphatic carbocycles. The summed E-state index contributed by atoms with van der Waals surface area (Å²) in [5.74, 6) is -0.763. The van der Waals surface area contributed by atoms with Gasteiger partial charge in [0.15, 0.2) is 15.7 Å². The molecule has 2 heterocycles. The molecule has 0 atom stereocenters. The van der Waals surface area contributed by atoms with Gasteiger partial charge in [-0.25, -0.2) is 35.6 Å². The van der Waals surface area contributed by atoms with E-state index in [2.05, 4.69) is 14.7 Å². The zero-order valence-electron chi connectivity index (χ0n) is 22.7. The second-order valence-corrected chi connectivity index (χ2v) is 14.8. The molecule has 1 saturated heterocycles. The lowest BCUT2D eigenvalue weighted by molar-refractivity contribution is 0.257. The maximum Gasteiger partial charge on any atom is 0.261 e. The van der Waals surface area contributed by atoms with Gasteiger partial charge in [0.25, 0.3) is 10.0 Å². The van der Waals surface area contributed by atoms with E-state index >= 15 is 0 Å². The Hall–Kier alpha value is -3.65. The van der Waals surface area contributed by atoms with Crippen LogP contribution in [0.3, 0.4) is 0 Å². The van der Waals surface area contributed by atoms with Crippen LogP contribution < -0.4 is 9.62 Å². The highest BCUT2D eigenvalue weighted by Gasteiger charge is 2.53. The molecule has 0 amide bonds. The summed E-state index contributed by atoms with van der Waals surface area (Å²) < 4.78 is 81.8. The molecule has 14 heteroatoms. The number of rotatable bonds is 7. The molecular formula is C27H30F2N6O4S2. The van der Waals surface area contributed by atoms with Crippen molar-refractivity contribution in [1.82, 2.24) is 14.9 Å². The van der Waals surface area contributed by atoms with Gasteiger partial charge < -0.3 is 9.80 Å². The van der Waals surface area contributed by atoms with E-state index in [9.17, 15) is 25.6 Å². The number of benzene rings is 2. The predicted octanol–water partition coefficient (Wildman–Crippen LogP) is 3.73. The number of aromatic nitrogens is 2. The number of aryl methyl sites for hydroxylation is 1. The summed E-state index contributed by atoms with van der Waals surface area (Å²) in [4.78, 5) is 11.8. The van der Waals surface area contributed by atoms with Gasteiger partial charge in [0.05, 0.1) is 38.7 Å². The van der Waals surface area contributed by atoms with Gasteiger partial charge in [-0.05, 0) is 75.6 Å². The Balaban J connectivity index is 1.42. The fourth-order valence-corrected chi connectivity index (χ4v) is 7.22. The first kappa shape index (κ1) is 28.9. The minimum Gasteiger partial charge on any atom is -0.347 e. The zero-order chi connectivity index (χ0) is 29.7. The SMILES string of the molecule is Cc1cc(F)cc(NS(=O)(=O)c2ccc(S(=O)(=O)C(C)C)cc2)c1C(=N)N1CCN(c2ncc(F)cn2)CC12CC2. The van der Waals surface area contributed by atoms with Crippen molar-refractivity contribution in [3.63, 3.8) is 0 Å². The summed E-state index contributed by atoms with van der Waals surface area (Å²) in [7, 11) is -7.85. The third-order valence-corrected chi connectivity index (χ3v) is 11.1. The molecular weight excluding hydrogens is 574 g/mol. The number of hydrogen-bond acceptors (Lipinski definition) is 8. The minimum absolute atomic E-state index is 0.00423. The summed E-state index contributed by atoms with van der Waals surface area (Å²) in [6, 6.07) is 7.11. The Bertz CT molecular complexity index is 1710. The average molecular weight is 605 g/mol. The molecule has 2 aromatic carbocycles. The first-order chi connectivity index (χ1) is 19.2. The summed E-state index contributed by atoms with van der Waals surface area (Å²) in [6.45, 7) is 6.02. The largest absolute Gasteiger partial charge is 0.347 e. The molecule has 0 unspecified atom stereocenters. The molecule has 1 saturated carbocycles. The summed E-state index contributed by atoms with van der Waals surface area (Å²) in [5, 5.41) is 8.45. The number of halogens is 2. The molecule has 1 spiro atoms. The number of anilines is 2. The number of amidine groups is 1. The van der Waals surface area contributed by atoms with Crippen LogP contribution in [0.2, 0.25) is 0 Å². The second kappa shape index (κ2) is 10.3. The van der Waals surface area contributed by atoms with Crippen LogP contribution in [0.1, 0.15) is 37.8 Å². The first-order valence-electron chi connectivity index (χ1n) is 13.0. The Morgan fingerprint density at radius 3 is 2.17 bits per heavy atom. The number of hydrogen-bond donors (Lipinski definition) is 2. The average Bonchev–Trinajstić information content (AvgIpc) is 3.67. The fraction of sp³-hybridized carbons (Fsp3) is 0.370. The standard InChI is InChI=1S/C27H30F2N6O4S2/c1-17(2)40(36,37)21-4-6-22(7-5-21)41(38,39)33-23-13-19(28)12-18(3)24(23)25(30)35-11-10-34(16-27(35)8-9-27)26-31-14-20(29)15-32-26/h4-7,12-15,17,30,33H,8-11,16H2,1-3H3.